The summed E-state index contributed by atoms with van der Waals surface area (Å²) in [5, 5.41) is 35.0. The summed E-state index contributed by atoms with van der Waals surface area (Å²) in [5.41, 5.74) is -1.35. The summed E-state index contributed by atoms with van der Waals surface area (Å²) in [7, 11) is 0. The highest BCUT2D eigenvalue weighted by Crippen LogP contribution is 2.01. The van der Waals surface area contributed by atoms with E-state index in [0.717, 1.165) is 0 Å². The van der Waals surface area contributed by atoms with Crippen LogP contribution < -0.4 is 5.23 Å². The average molecular weight is 151 g/mol. The molecule has 5 nitrogen and oxygen atoms in total. The highest BCUT2D eigenvalue weighted by molar-refractivity contribution is 4.73. The van der Waals surface area contributed by atoms with Gasteiger partial charge in [-0.15, -0.1) is 0 Å². The third-order valence-corrected chi connectivity index (χ3v) is 1.74. The van der Waals surface area contributed by atoms with Crippen molar-refractivity contribution in [2.45, 2.75) is 18.9 Å². The number of aliphatic hydroxyl groups is 2. The Balaban J connectivity index is 4.15. The van der Waals surface area contributed by atoms with Crippen molar-refractivity contribution in [3.05, 3.63) is 5.21 Å². The predicted octanol–water partition coefficient (Wildman–Crippen LogP) is -2.11. The number of nitrogens with one attached hydrogen (secondary N) is 1. The first kappa shape index (κ1) is 9.80. The molecule has 0 aromatic carbocycles. The number of hydrogen-bond acceptors (Lipinski definition) is 4. The van der Waals surface area contributed by atoms with Crippen LogP contribution in [0.3, 0.4) is 0 Å². The van der Waals surface area contributed by atoms with Crippen molar-refractivity contribution in [2.24, 2.45) is 0 Å². The maximum absolute atomic E-state index is 10.4. The van der Waals surface area contributed by atoms with Crippen LogP contribution >= 0.6 is 0 Å². The molecule has 0 amide bonds. The van der Waals surface area contributed by atoms with E-state index in [1.807, 2.05) is 0 Å². The summed E-state index contributed by atoms with van der Waals surface area (Å²) in [6.45, 7) is 0.575. The smallest absolute Gasteiger partial charge is 0.173 e. The quantitative estimate of drug-likeness (QED) is 0.346. The van der Waals surface area contributed by atoms with Crippen molar-refractivity contribution in [3.63, 3.8) is 0 Å². The van der Waals surface area contributed by atoms with Gasteiger partial charge in [0.25, 0.3) is 0 Å². The largest absolute Gasteiger partial charge is 0.599 e. The maximum atomic E-state index is 10.4. The lowest BCUT2D eigenvalue weighted by atomic mass is 10.00. The van der Waals surface area contributed by atoms with Crippen LogP contribution in [0.1, 0.15) is 13.3 Å². The Kier molecular flexibility index (Phi) is 3.77. The third kappa shape index (κ3) is 1.65. The fraction of sp³-hybridized carbons (Fsp3) is 1.00. The maximum Gasteiger partial charge on any atom is 0.173 e. The Labute approximate surface area is 59.0 Å². The summed E-state index contributed by atoms with van der Waals surface area (Å²) in [4.78, 5) is 0. The van der Waals surface area contributed by atoms with Gasteiger partial charge >= 0.3 is 0 Å². The molecule has 0 rings (SSSR count). The van der Waals surface area contributed by atoms with Gasteiger partial charge in [-0.25, -0.2) is 10.4 Å². The number of quaternary nitrogens is 1. The normalized spacial score (nSPS) is 15.3. The van der Waals surface area contributed by atoms with Crippen LogP contribution in [0.4, 0.5) is 0 Å². The van der Waals surface area contributed by atoms with E-state index in [4.69, 9.17) is 15.4 Å². The van der Waals surface area contributed by atoms with E-state index < -0.39 is 24.0 Å². The Morgan fingerprint density at radius 1 is 1.40 bits per heavy atom. The second kappa shape index (κ2) is 3.85. The fourth-order valence-electron chi connectivity index (χ4n) is 0.560. The topological polar surface area (TPSA) is 88.2 Å². The molecule has 4 N–H and O–H groups in total. The van der Waals surface area contributed by atoms with Crippen LogP contribution in [0.25, 0.3) is 0 Å². The van der Waals surface area contributed by atoms with Crippen molar-refractivity contribution in [1.29, 1.82) is 0 Å². The summed E-state index contributed by atoms with van der Waals surface area (Å²) < 4.78 is 0. The van der Waals surface area contributed by atoms with Crippen LogP contribution in [0.5, 0.6) is 0 Å². The highest BCUT2D eigenvalue weighted by Gasteiger charge is 2.33. The van der Waals surface area contributed by atoms with Gasteiger partial charge in [0.15, 0.2) is 5.54 Å². The molecule has 10 heavy (non-hydrogen) atoms. The minimum atomic E-state index is -1.35. The van der Waals surface area contributed by atoms with Crippen LogP contribution in [0.15, 0.2) is 0 Å². The van der Waals surface area contributed by atoms with Crippen LogP contribution in [0.2, 0.25) is 0 Å². The van der Waals surface area contributed by atoms with Gasteiger partial charge in [0.05, 0.1) is 0 Å². The number of aliphatic hydroxyl groups excluding tert-OH is 2. The molecule has 62 valence electrons. The monoisotopic (exact) mass is 151 g/mol. The van der Waals surface area contributed by atoms with E-state index in [2.05, 4.69) is 0 Å². The zero-order chi connectivity index (χ0) is 8.20. The summed E-state index contributed by atoms with van der Waals surface area (Å²) in [6, 6.07) is 0. The highest BCUT2D eigenvalue weighted by atomic mass is 16.8. The summed E-state index contributed by atoms with van der Waals surface area (Å²) >= 11 is 0. The van der Waals surface area contributed by atoms with Gasteiger partial charge in [-0.2, -0.15) is 0 Å². The molecular weight excluding hydrogens is 138 g/mol. The Hall–Kier alpha value is -0.200. The Bertz CT molecular complexity index is 83.4. The van der Waals surface area contributed by atoms with Crippen LogP contribution in [-0.2, 0) is 0 Å². The Morgan fingerprint density at radius 3 is 1.80 bits per heavy atom. The lowest BCUT2D eigenvalue weighted by Gasteiger charge is -2.33. The van der Waals surface area contributed by atoms with Gasteiger partial charge in [0.2, 0.25) is 0 Å². The Morgan fingerprint density at radius 2 is 1.80 bits per heavy atom. The number of hydroxylamine groups is 2. The molecule has 0 aromatic rings. The summed E-state index contributed by atoms with van der Waals surface area (Å²) in [6.07, 6.45) is 0.231. The van der Waals surface area contributed by atoms with Crippen LogP contribution in [-0.4, -0.2) is 34.2 Å². The second-order valence-corrected chi connectivity index (χ2v) is 2.26. The molecule has 0 aliphatic heterocycles. The molecule has 1 unspecified atom stereocenters. The van der Waals surface area contributed by atoms with Gasteiger partial charge in [-0.1, -0.05) is 6.92 Å². The lowest BCUT2D eigenvalue weighted by Crippen LogP contribution is -3.15. The van der Waals surface area contributed by atoms with E-state index in [0.29, 0.717) is 0 Å². The SMILES string of the molecule is CCC(CO)(CO)[NH+]([O-])O. The van der Waals surface area contributed by atoms with Gasteiger partial charge in [-0.05, 0) is 0 Å². The lowest BCUT2D eigenvalue weighted by molar-refractivity contribution is -1.09. The second-order valence-electron chi connectivity index (χ2n) is 2.26. The van der Waals surface area contributed by atoms with Gasteiger partial charge in [-0.3, -0.25) is 0 Å². The van der Waals surface area contributed by atoms with Crippen molar-refractivity contribution in [3.8, 4) is 0 Å². The molecule has 0 spiro atoms. The van der Waals surface area contributed by atoms with E-state index in [1.165, 1.54) is 0 Å². The first-order chi connectivity index (χ1) is 4.63. The van der Waals surface area contributed by atoms with E-state index in [9.17, 15) is 5.21 Å². The molecule has 0 bridgehead atoms. The zero-order valence-electron chi connectivity index (χ0n) is 5.87. The molecule has 0 heterocycles. The van der Waals surface area contributed by atoms with E-state index in [1.54, 1.807) is 6.92 Å². The molecule has 0 aliphatic rings. The van der Waals surface area contributed by atoms with Crippen molar-refractivity contribution >= 4 is 0 Å². The minimum Gasteiger partial charge on any atom is -0.599 e. The van der Waals surface area contributed by atoms with Crippen molar-refractivity contribution < 1.29 is 20.6 Å². The predicted molar refractivity (Wildman–Crippen MR) is 33.3 cm³/mol. The molecule has 5 heteroatoms. The van der Waals surface area contributed by atoms with Gasteiger partial charge in [0.1, 0.15) is 13.2 Å². The molecule has 1 atom stereocenters. The standard InChI is InChI=1S/C5H13NO4/c1-2-5(3-7,4-8)6(9)10/h6-9H,2-4H2,1H3. The third-order valence-electron chi connectivity index (χ3n) is 1.74. The summed E-state index contributed by atoms with van der Waals surface area (Å²) in [5.74, 6) is 0. The molecule has 0 saturated carbocycles. The average Bonchev–Trinajstić information content (AvgIpc) is 1.92. The molecular formula is C5H13NO4. The number of rotatable bonds is 4. The van der Waals surface area contributed by atoms with E-state index in [-0.39, 0.29) is 6.42 Å². The first-order valence-electron chi connectivity index (χ1n) is 3.08. The number of hydrogen-bond donors (Lipinski definition) is 4. The van der Waals surface area contributed by atoms with Gasteiger partial charge < -0.3 is 15.4 Å². The molecule has 0 saturated heterocycles. The van der Waals surface area contributed by atoms with Crippen LogP contribution in [0, 0.1) is 5.21 Å². The molecule has 0 radical (unpaired) electrons. The molecule has 0 aromatic heterocycles. The fourth-order valence-corrected chi connectivity index (χ4v) is 0.560. The molecule has 0 aliphatic carbocycles. The molecule has 0 fully saturated rings. The first-order valence-corrected chi connectivity index (χ1v) is 3.08. The van der Waals surface area contributed by atoms with Gasteiger partial charge in [0, 0.05) is 6.42 Å². The minimum absolute atomic E-state index is 0.231. The zero-order valence-corrected chi connectivity index (χ0v) is 5.87. The van der Waals surface area contributed by atoms with Crippen molar-refractivity contribution in [1.82, 2.24) is 0 Å². The van der Waals surface area contributed by atoms with Crippen molar-refractivity contribution in [2.75, 3.05) is 13.2 Å². The van der Waals surface area contributed by atoms with E-state index >= 15 is 0 Å².